The molecule has 0 bridgehead atoms. The lowest BCUT2D eigenvalue weighted by molar-refractivity contribution is 0.0498. The molecule has 0 aromatic heterocycles. The maximum absolute atomic E-state index is 11.6. The van der Waals surface area contributed by atoms with Gasteiger partial charge >= 0.3 is 6.09 Å². The van der Waals surface area contributed by atoms with Gasteiger partial charge in [-0.2, -0.15) is 0 Å². The smallest absolute Gasteiger partial charge is 0.407 e. The highest BCUT2D eigenvalue weighted by molar-refractivity contribution is 5.68. The van der Waals surface area contributed by atoms with E-state index < -0.39 is 5.60 Å². The summed E-state index contributed by atoms with van der Waals surface area (Å²) in [5.41, 5.74) is -0.412. The summed E-state index contributed by atoms with van der Waals surface area (Å²) in [4.78, 5) is 11.6. The fourth-order valence-corrected chi connectivity index (χ4v) is 2.30. The summed E-state index contributed by atoms with van der Waals surface area (Å²) < 4.78 is 5.27. The first kappa shape index (κ1) is 11.7. The van der Waals surface area contributed by atoms with Gasteiger partial charge in [0.05, 0.1) is 0 Å². The van der Waals surface area contributed by atoms with Gasteiger partial charge in [0.15, 0.2) is 0 Å². The average Bonchev–Trinajstić information content (AvgIpc) is 2.85. The Morgan fingerprint density at radius 3 is 2.56 bits per heavy atom. The molecule has 2 atom stereocenters. The monoisotopic (exact) mass is 226 g/mol. The van der Waals surface area contributed by atoms with Gasteiger partial charge in [-0.15, -0.1) is 0 Å². The molecule has 1 saturated heterocycles. The minimum Gasteiger partial charge on any atom is -0.444 e. The summed E-state index contributed by atoms with van der Waals surface area (Å²) in [6.45, 7) is 6.66. The average molecular weight is 226 g/mol. The molecule has 16 heavy (non-hydrogen) atoms. The summed E-state index contributed by atoms with van der Waals surface area (Å²) >= 11 is 0. The molecule has 4 nitrogen and oxygen atoms in total. The number of rotatable bonds is 2. The standard InChI is InChI=1S/C12H22N2O2/c1-12(2,3)16-11(15)14-9-6-7-13-10(9)8-4-5-8/h8-10,13H,4-7H2,1-3H3,(H,14,15)/t9-,10+/m1/s1. The molecule has 4 heteroatoms. The van der Waals surface area contributed by atoms with Crippen molar-refractivity contribution in [2.24, 2.45) is 5.92 Å². The van der Waals surface area contributed by atoms with Crippen LogP contribution in [0.4, 0.5) is 4.79 Å². The molecule has 2 aliphatic rings. The Morgan fingerprint density at radius 2 is 2.00 bits per heavy atom. The predicted octanol–water partition coefficient (Wildman–Crippen LogP) is 1.65. The maximum Gasteiger partial charge on any atom is 0.407 e. The highest BCUT2D eigenvalue weighted by Crippen LogP contribution is 2.36. The van der Waals surface area contributed by atoms with Gasteiger partial charge in [-0.1, -0.05) is 0 Å². The molecule has 1 aliphatic heterocycles. The van der Waals surface area contributed by atoms with E-state index in [9.17, 15) is 4.79 Å². The van der Waals surface area contributed by atoms with Gasteiger partial charge in [0.2, 0.25) is 0 Å². The number of carbonyl (C=O) groups excluding carboxylic acids is 1. The predicted molar refractivity (Wildman–Crippen MR) is 62.3 cm³/mol. The molecule has 2 rings (SSSR count). The second-order valence-corrected chi connectivity index (χ2v) is 5.86. The van der Waals surface area contributed by atoms with Gasteiger partial charge in [-0.3, -0.25) is 0 Å². The van der Waals surface area contributed by atoms with E-state index in [1.54, 1.807) is 0 Å². The van der Waals surface area contributed by atoms with E-state index in [0.29, 0.717) is 6.04 Å². The molecule has 92 valence electrons. The molecule has 2 N–H and O–H groups in total. The molecule has 0 aromatic carbocycles. The molecule has 2 fully saturated rings. The molecular weight excluding hydrogens is 204 g/mol. The summed E-state index contributed by atoms with van der Waals surface area (Å²) in [6, 6.07) is 0.717. The lowest BCUT2D eigenvalue weighted by Gasteiger charge is -2.24. The van der Waals surface area contributed by atoms with Crippen molar-refractivity contribution in [2.75, 3.05) is 6.54 Å². The zero-order valence-electron chi connectivity index (χ0n) is 10.4. The van der Waals surface area contributed by atoms with Crippen LogP contribution >= 0.6 is 0 Å². The Hall–Kier alpha value is -0.770. The van der Waals surface area contributed by atoms with Gasteiger partial charge in [0.1, 0.15) is 5.60 Å². The molecule has 0 radical (unpaired) electrons. The van der Waals surface area contributed by atoms with Gasteiger partial charge in [-0.25, -0.2) is 4.79 Å². The molecule has 1 saturated carbocycles. The lowest BCUT2D eigenvalue weighted by Crippen LogP contribution is -2.46. The Morgan fingerprint density at radius 1 is 1.31 bits per heavy atom. The molecule has 0 spiro atoms. The number of alkyl carbamates (subject to hydrolysis) is 1. The molecule has 1 aliphatic carbocycles. The number of hydrogen-bond acceptors (Lipinski definition) is 3. The minimum atomic E-state index is -0.412. The van der Waals surface area contributed by atoms with Crippen molar-refractivity contribution in [1.29, 1.82) is 0 Å². The van der Waals surface area contributed by atoms with E-state index in [4.69, 9.17) is 4.74 Å². The van der Waals surface area contributed by atoms with Crippen LogP contribution in [0.25, 0.3) is 0 Å². The van der Waals surface area contributed by atoms with Gasteiger partial charge in [0.25, 0.3) is 0 Å². The molecular formula is C12H22N2O2. The van der Waals surface area contributed by atoms with Crippen LogP contribution in [0.2, 0.25) is 0 Å². The van der Waals surface area contributed by atoms with E-state index in [2.05, 4.69) is 10.6 Å². The molecule has 0 unspecified atom stereocenters. The Bertz CT molecular complexity index is 269. The van der Waals surface area contributed by atoms with Gasteiger partial charge < -0.3 is 15.4 Å². The van der Waals surface area contributed by atoms with Crippen LogP contribution in [0.3, 0.4) is 0 Å². The topological polar surface area (TPSA) is 50.4 Å². The van der Waals surface area contributed by atoms with E-state index in [1.807, 2.05) is 20.8 Å². The quantitative estimate of drug-likeness (QED) is 0.752. The number of amides is 1. The minimum absolute atomic E-state index is 0.252. The number of ether oxygens (including phenoxy) is 1. The Balaban J connectivity index is 1.81. The number of carbonyl (C=O) groups is 1. The maximum atomic E-state index is 11.6. The van der Waals surface area contributed by atoms with E-state index >= 15 is 0 Å². The van der Waals surface area contributed by atoms with Crippen LogP contribution in [-0.2, 0) is 4.74 Å². The third kappa shape index (κ3) is 3.11. The highest BCUT2D eigenvalue weighted by atomic mass is 16.6. The third-order valence-electron chi connectivity index (χ3n) is 3.10. The van der Waals surface area contributed by atoms with Crippen molar-refractivity contribution in [3.63, 3.8) is 0 Å². The number of hydrogen-bond donors (Lipinski definition) is 2. The first-order chi connectivity index (χ1) is 7.46. The van der Waals surface area contributed by atoms with Crippen molar-refractivity contribution in [3.8, 4) is 0 Å². The van der Waals surface area contributed by atoms with E-state index in [-0.39, 0.29) is 12.1 Å². The van der Waals surface area contributed by atoms with Crippen LogP contribution < -0.4 is 10.6 Å². The van der Waals surface area contributed by atoms with Crippen LogP contribution in [0.15, 0.2) is 0 Å². The third-order valence-corrected chi connectivity index (χ3v) is 3.10. The largest absolute Gasteiger partial charge is 0.444 e. The second kappa shape index (κ2) is 4.24. The van der Waals surface area contributed by atoms with Crippen LogP contribution in [0.1, 0.15) is 40.0 Å². The molecule has 1 amide bonds. The zero-order valence-corrected chi connectivity index (χ0v) is 10.4. The molecule has 1 heterocycles. The lowest BCUT2D eigenvalue weighted by atomic mass is 10.1. The summed E-state index contributed by atoms with van der Waals surface area (Å²) in [5.74, 6) is 0.766. The first-order valence-corrected chi connectivity index (χ1v) is 6.18. The van der Waals surface area contributed by atoms with Crippen LogP contribution in [0.5, 0.6) is 0 Å². The normalized spacial score (nSPS) is 30.2. The summed E-state index contributed by atoms with van der Waals surface area (Å²) in [6.07, 6.45) is 3.32. The second-order valence-electron chi connectivity index (χ2n) is 5.86. The van der Waals surface area contributed by atoms with Crippen molar-refractivity contribution in [2.45, 2.75) is 57.7 Å². The van der Waals surface area contributed by atoms with Crippen molar-refractivity contribution < 1.29 is 9.53 Å². The number of nitrogens with one attached hydrogen (secondary N) is 2. The molecule has 0 aromatic rings. The van der Waals surface area contributed by atoms with Crippen molar-refractivity contribution in [1.82, 2.24) is 10.6 Å². The zero-order chi connectivity index (χ0) is 11.8. The summed E-state index contributed by atoms with van der Waals surface area (Å²) in [7, 11) is 0. The van der Waals surface area contributed by atoms with Crippen LogP contribution in [0, 0.1) is 5.92 Å². The SMILES string of the molecule is CC(C)(C)OC(=O)N[C@@H]1CCN[C@H]1C1CC1. The van der Waals surface area contributed by atoms with Crippen molar-refractivity contribution in [3.05, 3.63) is 0 Å². The van der Waals surface area contributed by atoms with E-state index in [0.717, 1.165) is 18.9 Å². The Labute approximate surface area is 97.1 Å². The Kier molecular flexibility index (Phi) is 3.10. The first-order valence-electron chi connectivity index (χ1n) is 6.18. The highest BCUT2D eigenvalue weighted by Gasteiger charge is 2.40. The van der Waals surface area contributed by atoms with E-state index in [1.165, 1.54) is 12.8 Å². The van der Waals surface area contributed by atoms with Crippen molar-refractivity contribution >= 4 is 6.09 Å². The fourth-order valence-electron chi connectivity index (χ4n) is 2.30. The van der Waals surface area contributed by atoms with Crippen LogP contribution in [-0.4, -0.2) is 30.3 Å². The fraction of sp³-hybridized carbons (Fsp3) is 0.917. The van der Waals surface area contributed by atoms with Gasteiger partial charge in [0, 0.05) is 12.1 Å². The van der Waals surface area contributed by atoms with Gasteiger partial charge in [-0.05, 0) is 52.5 Å². The summed E-state index contributed by atoms with van der Waals surface area (Å²) in [5, 5.41) is 6.45.